The maximum atomic E-state index is 12.8. The minimum Gasteiger partial charge on any atom is -0.394 e. The zero-order valence-electron chi connectivity index (χ0n) is 18.5. The topological polar surface area (TPSA) is 72.9 Å². The molecule has 6 nitrogen and oxygen atoms in total. The first-order chi connectivity index (χ1) is 15.0. The number of rotatable bonds is 3. The molecule has 3 fully saturated rings. The Morgan fingerprint density at radius 3 is 2.55 bits per heavy atom. The van der Waals surface area contributed by atoms with Gasteiger partial charge in [0.2, 0.25) is 5.91 Å². The number of hydrogen-bond acceptors (Lipinski definition) is 3. The molecule has 3 amide bonds. The lowest BCUT2D eigenvalue weighted by molar-refractivity contribution is -0.159. The van der Waals surface area contributed by atoms with Crippen LogP contribution in [-0.4, -0.2) is 64.7 Å². The average molecular weight is 424 g/mol. The molecule has 0 aromatic heterocycles. The molecular weight excluding hydrogens is 390 g/mol. The van der Waals surface area contributed by atoms with E-state index in [4.69, 9.17) is 0 Å². The van der Waals surface area contributed by atoms with Gasteiger partial charge in [-0.25, -0.2) is 4.79 Å². The summed E-state index contributed by atoms with van der Waals surface area (Å²) in [4.78, 5) is 29.1. The molecule has 4 rings (SSSR count). The van der Waals surface area contributed by atoms with Gasteiger partial charge in [-0.2, -0.15) is 0 Å². The number of hydrogen-bond donors (Lipinski definition) is 2. The number of amides is 3. The normalized spacial score (nSPS) is 26.1. The fourth-order valence-corrected chi connectivity index (χ4v) is 5.18. The summed E-state index contributed by atoms with van der Waals surface area (Å²) in [7, 11) is 0. The molecule has 2 aliphatic heterocycles. The molecule has 6 heteroatoms. The van der Waals surface area contributed by atoms with Crippen molar-refractivity contribution >= 4 is 11.9 Å². The minimum absolute atomic E-state index is 0.0198. The van der Waals surface area contributed by atoms with E-state index in [2.05, 4.69) is 31.0 Å². The highest BCUT2D eigenvalue weighted by molar-refractivity contribution is 5.87. The summed E-state index contributed by atoms with van der Waals surface area (Å²) in [5.74, 6) is 6.60. The number of aliphatic hydroxyl groups excluding tert-OH is 1. The van der Waals surface area contributed by atoms with Crippen LogP contribution in [0.25, 0.3) is 0 Å². The maximum Gasteiger partial charge on any atom is 0.318 e. The predicted octanol–water partition coefficient (Wildman–Crippen LogP) is 2.71. The fraction of sp³-hybridized carbons (Fsp3) is 0.600. The van der Waals surface area contributed by atoms with Crippen LogP contribution >= 0.6 is 0 Å². The molecule has 2 heterocycles. The van der Waals surface area contributed by atoms with Crippen LogP contribution in [0.15, 0.2) is 24.3 Å². The standard InChI is InChI=1S/C25H33N3O3/c1-17(2)8-9-18-10-12-19(13-11-18)24-21-14-27(15-23(30)28(21)22(24)16-29)25(31)26-20-6-4-3-5-7-20/h10-13,17,20-22,24,29H,3-7,14-16H2,1-2H3,(H,26,31)/t21-,22-,24+/m1/s1. The van der Waals surface area contributed by atoms with Gasteiger partial charge in [-0.15, -0.1) is 0 Å². The Morgan fingerprint density at radius 1 is 1.19 bits per heavy atom. The average Bonchev–Trinajstić information content (AvgIpc) is 2.75. The summed E-state index contributed by atoms with van der Waals surface area (Å²) in [6.07, 6.45) is 5.57. The summed E-state index contributed by atoms with van der Waals surface area (Å²) >= 11 is 0. The maximum absolute atomic E-state index is 12.8. The summed E-state index contributed by atoms with van der Waals surface area (Å²) < 4.78 is 0. The van der Waals surface area contributed by atoms with Crippen LogP contribution in [0.2, 0.25) is 0 Å². The monoisotopic (exact) mass is 423 g/mol. The molecule has 1 aromatic carbocycles. The highest BCUT2D eigenvalue weighted by atomic mass is 16.3. The fourth-order valence-electron chi connectivity index (χ4n) is 5.18. The van der Waals surface area contributed by atoms with Crippen molar-refractivity contribution in [2.75, 3.05) is 19.7 Å². The highest BCUT2D eigenvalue weighted by Crippen LogP contribution is 2.42. The molecule has 2 saturated heterocycles. The van der Waals surface area contributed by atoms with E-state index in [9.17, 15) is 14.7 Å². The summed E-state index contributed by atoms with van der Waals surface area (Å²) in [5, 5.41) is 13.1. The number of carbonyl (C=O) groups is 2. The number of urea groups is 1. The Kier molecular flexibility index (Phi) is 6.52. The van der Waals surface area contributed by atoms with Crippen LogP contribution in [0.1, 0.15) is 63.0 Å². The van der Waals surface area contributed by atoms with E-state index in [0.29, 0.717) is 12.5 Å². The third kappa shape index (κ3) is 4.57. The number of carbonyl (C=O) groups excluding carboxylic acids is 2. The zero-order chi connectivity index (χ0) is 22.0. The Balaban J connectivity index is 1.46. The number of piperazine rings is 1. The number of aliphatic hydroxyl groups is 1. The largest absolute Gasteiger partial charge is 0.394 e. The van der Waals surface area contributed by atoms with Crippen molar-refractivity contribution in [1.29, 1.82) is 0 Å². The Hall–Kier alpha value is -2.52. The molecule has 3 aliphatic rings. The molecule has 0 bridgehead atoms. The number of benzene rings is 1. The quantitative estimate of drug-likeness (QED) is 0.735. The van der Waals surface area contributed by atoms with Crippen molar-refractivity contribution in [3.63, 3.8) is 0 Å². The molecule has 31 heavy (non-hydrogen) atoms. The molecule has 166 valence electrons. The van der Waals surface area contributed by atoms with Gasteiger partial charge >= 0.3 is 6.03 Å². The summed E-state index contributed by atoms with van der Waals surface area (Å²) in [5.41, 5.74) is 2.04. The molecule has 0 unspecified atom stereocenters. The second kappa shape index (κ2) is 9.32. The van der Waals surface area contributed by atoms with Crippen LogP contribution in [-0.2, 0) is 4.79 Å². The second-order valence-electron chi connectivity index (χ2n) is 9.36. The molecule has 3 atom stereocenters. The van der Waals surface area contributed by atoms with Gasteiger partial charge in [0.1, 0.15) is 6.54 Å². The van der Waals surface area contributed by atoms with Gasteiger partial charge < -0.3 is 20.2 Å². The van der Waals surface area contributed by atoms with Crippen molar-refractivity contribution in [1.82, 2.24) is 15.1 Å². The van der Waals surface area contributed by atoms with E-state index in [0.717, 1.165) is 36.8 Å². The number of fused-ring (bicyclic) bond motifs is 1. The van der Waals surface area contributed by atoms with E-state index >= 15 is 0 Å². The van der Waals surface area contributed by atoms with Crippen LogP contribution in [0.3, 0.4) is 0 Å². The Bertz CT molecular complexity index is 864. The lowest BCUT2D eigenvalue weighted by Crippen LogP contribution is -2.74. The van der Waals surface area contributed by atoms with Crippen LogP contribution in [0.5, 0.6) is 0 Å². The van der Waals surface area contributed by atoms with Crippen molar-refractivity contribution in [2.45, 2.75) is 70.0 Å². The third-order valence-electron chi connectivity index (χ3n) is 6.77. The van der Waals surface area contributed by atoms with E-state index in [1.165, 1.54) is 6.42 Å². The Labute approximate surface area is 185 Å². The molecule has 0 radical (unpaired) electrons. The molecule has 2 N–H and O–H groups in total. The van der Waals surface area contributed by atoms with Crippen LogP contribution in [0, 0.1) is 17.8 Å². The first-order valence-corrected chi connectivity index (χ1v) is 11.6. The Morgan fingerprint density at radius 2 is 1.90 bits per heavy atom. The number of nitrogens with one attached hydrogen (secondary N) is 1. The van der Waals surface area contributed by atoms with Gasteiger partial charge in [0, 0.05) is 30.0 Å². The highest BCUT2D eigenvalue weighted by Gasteiger charge is 2.54. The summed E-state index contributed by atoms with van der Waals surface area (Å²) in [6, 6.07) is 7.85. The molecular formula is C25H33N3O3. The van der Waals surface area contributed by atoms with Gasteiger partial charge in [-0.1, -0.05) is 57.1 Å². The third-order valence-corrected chi connectivity index (χ3v) is 6.77. The molecule has 0 spiro atoms. The van der Waals surface area contributed by atoms with Gasteiger partial charge in [0.25, 0.3) is 0 Å². The van der Waals surface area contributed by atoms with Gasteiger partial charge in [-0.05, 0) is 30.5 Å². The van der Waals surface area contributed by atoms with Crippen molar-refractivity contribution in [2.24, 2.45) is 5.92 Å². The smallest absolute Gasteiger partial charge is 0.318 e. The first kappa shape index (κ1) is 21.7. The van der Waals surface area contributed by atoms with Gasteiger partial charge in [-0.3, -0.25) is 4.79 Å². The van der Waals surface area contributed by atoms with Crippen molar-refractivity contribution in [3.8, 4) is 11.8 Å². The van der Waals surface area contributed by atoms with Gasteiger partial charge in [0.05, 0.1) is 18.7 Å². The van der Waals surface area contributed by atoms with Crippen LogP contribution in [0.4, 0.5) is 4.79 Å². The van der Waals surface area contributed by atoms with Crippen molar-refractivity contribution < 1.29 is 14.7 Å². The summed E-state index contributed by atoms with van der Waals surface area (Å²) in [6.45, 7) is 4.64. The van der Waals surface area contributed by atoms with E-state index in [-0.39, 0.29) is 49.1 Å². The molecule has 1 aromatic rings. The van der Waals surface area contributed by atoms with E-state index in [1.54, 1.807) is 9.80 Å². The van der Waals surface area contributed by atoms with Crippen molar-refractivity contribution in [3.05, 3.63) is 35.4 Å². The van der Waals surface area contributed by atoms with Gasteiger partial charge in [0.15, 0.2) is 0 Å². The molecule has 1 saturated carbocycles. The van der Waals surface area contributed by atoms with E-state index < -0.39 is 0 Å². The lowest BCUT2D eigenvalue weighted by atomic mass is 9.73. The SMILES string of the molecule is CC(C)C#Cc1ccc([C@@H]2[C@@H](CO)N3C(=O)CN(C(=O)NC4CCCCC4)C[C@H]23)cc1. The molecule has 1 aliphatic carbocycles. The van der Waals surface area contributed by atoms with E-state index in [1.807, 2.05) is 24.3 Å². The van der Waals surface area contributed by atoms with Crippen LogP contribution < -0.4 is 5.32 Å². The lowest BCUT2D eigenvalue weighted by Gasteiger charge is -2.58. The zero-order valence-corrected chi connectivity index (χ0v) is 18.5. The number of nitrogens with zero attached hydrogens (tertiary/aromatic N) is 2. The predicted molar refractivity (Wildman–Crippen MR) is 119 cm³/mol. The first-order valence-electron chi connectivity index (χ1n) is 11.6. The second-order valence-corrected chi connectivity index (χ2v) is 9.36. The minimum atomic E-state index is -0.228.